The lowest BCUT2D eigenvalue weighted by molar-refractivity contribution is 0.0949. The van der Waals surface area contributed by atoms with E-state index in [-0.39, 0.29) is 5.91 Å². The maximum absolute atomic E-state index is 12.4. The van der Waals surface area contributed by atoms with Gasteiger partial charge in [-0.1, -0.05) is 29.8 Å². The Kier molecular flexibility index (Phi) is 5.75. The van der Waals surface area contributed by atoms with E-state index in [0.29, 0.717) is 25.3 Å². The fourth-order valence-corrected chi connectivity index (χ4v) is 3.48. The molecule has 0 aliphatic carbocycles. The fourth-order valence-electron chi connectivity index (χ4n) is 3.48. The van der Waals surface area contributed by atoms with Gasteiger partial charge >= 0.3 is 0 Å². The number of carbonyl (C=O) groups excluding carboxylic acids is 1. The highest BCUT2D eigenvalue weighted by Crippen LogP contribution is 2.20. The molecular formula is C24H24N4O2. The Balaban J connectivity index is 1.49. The maximum Gasteiger partial charge on any atom is 0.253 e. The Bertz CT molecular complexity index is 1170. The molecule has 0 radical (unpaired) electrons. The summed E-state index contributed by atoms with van der Waals surface area (Å²) < 4.78 is 8.12. The lowest BCUT2D eigenvalue weighted by Gasteiger charge is -2.13. The number of amides is 1. The minimum Gasteiger partial charge on any atom is -0.491 e. The number of para-hydroxylation sites is 2. The van der Waals surface area contributed by atoms with E-state index in [2.05, 4.69) is 27.9 Å². The van der Waals surface area contributed by atoms with Crippen LogP contribution in [-0.2, 0) is 13.1 Å². The first-order chi connectivity index (χ1) is 14.6. The molecule has 0 bridgehead atoms. The summed E-state index contributed by atoms with van der Waals surface area (Å²) in [6.45, 7) is 5.58. The van der Waals surface area contributed by atoms with Gasteiger partial charge in [-0.3, -0.25) is 9.78 Å². The van der Waals surface area contributed by atoms with Crippen LogP contribution < -0.4 is 10.1 Å². The molecule has 0 fully saturated rings. The van der Waals surface area contributed by atoms with Gasteiger partial charge in [-0.25, -0.2) is 4.98 Å². The predicted octanol–water partition coefficient (Wildman–Crippen LogP) is 4.06. The molecule has 4 aromatic rings. The molecule has 30 heavy (non-hydrogen) atoms. The highest BCUT2D eigenvalue weighted by Gasteiger charge is 2.13. The number of ether oxygens (including phenoxy) is 1. The van der Waals surface area contributed by atoms with Crippen molar-refractivity contribution in [3.8, 4) is 5.75 Å². The Labute approximate surface area is 175 Å². The van der Waals surface area contributed by atoms with E-state index < -0.39 is 0 Å². The number of benzene rings is 2. The monoisotopic (exact) mass is 400 g/mol. The number of carbonyl (C=O) groups is 1. The van der Waals surface area contributed by atoms with Crippen molar-refractivity contribution in [3.63, 3.8) is 0 Å². The number of pyridine rings is 1. The Morgan fingerprint density at radius 1 is 1.10 bits per heavy atom. The summed E-state index contributed by atoms with van der Waals surface area (Å²) >= 11 is 0. The second kappa shape index (κ2) is 8.78. The highest BCUT2D eigenvalue weighted by molar-refractivity contribution is 5.93. The van der Waals surface area contributed by atoms with Crippen LogP contribution in [-0.4, -0.2) is 27.0 Å². The van der Waals surface area contributed by atoms with Crippen molar-refractivity contribution in [3.05, 3.63) is 89.5 Å². The van der Waals surface area contributed by atoms with Crippen LogP contribution in [0.5, 0.6) is 5.75 Å². The number of imidazole rings is 1. The van der Waals surface area contributed by atoms with Crippen molar-refractivity contribution in [2.24, 2.45) is 0 Å². The minimum absolute atomic E-state index is 0.173. The third-order valence-electron chi connectivity index (χ3n) is 4.97. The first-order valence-electron chi connectivity index (χ1n) is 9.94. The van der Waals surface area contributed by atoms with Crippen molar-refractivity contribution in [1.82, 2.24) is 19.9 Å². The van der Waals surface area contributed by atoms with Crippen LogP contribution in [0, 0.1) is 13.8 Å². The summed E-state index contributed by atoms with van der Waals surface area (Å²) in [5.74, 6) is 1.50. The predicted molar refractivity (Wildman–Crippen MR) is 117 cm³/mol. The van der Waals surface area contributed by atoms with Gasteiger partial charge in [-0.05, 0) is 49.7 Å². The van der Waals surface area contributed by atoms with Crippen LogP contribution in [0.3, 0.4) is 0 Å². The molecule has 2 aromatic heterocycles. The van der Waals surface area contributed by atoms with Gasteiger partial charge in [-0.15, -0.1) is 0 Å². The normalized spacial score (nSPS) is 10.9. The van der Waals surface area contributed by atoms with Crippen molar-refractivity contribution in [2.45, 2.75) is 26.9 Å². The van der Waals surface area contributed by atoms with E-state index in [1.54, 1.807) is 24.5 Å². The fraction of sp³-hybridized carbons (Fsp3) is 0.208. The molecule has 0 aliphatic heterocycles. The molecule has 2 aromatic carbocycles. The number of aromatic nitrogens is 3. The average molecular weight is 400 g/mol. The number of hydrogen-bond donors (Lipinski definition) is 1. The van der Waals surface area contributed by atoms with Crippen LogP contribution in [0.1, 0.15) is 27.3 Å². The van der Waals surface area contributed by atoms with E-state index >= 15 is 0 Å². The first-order valence-corrected chi connectivity index (χ1v) is 9.94. The number of nitrogens with one attached hydrogen (secondary N) is 1. The second-order valence-corrected chi connectivity index (χ2v) is 7.21. The number of hydrogen-bond acceptors (Lipinski definition) is 4. The van der Waals surface area contributed by atoms with E-state index in [9.17, 15) is 4.79 Å². The lowest BCUT2D eigenvalue weighted by atomic mass is 10.1. The molecule has 6 nitrogen and oxygen atoms in total. The molecule has 152 valence electrons. The zero-order valence-corrected chi connectivity index (χ0v) is 17.1. The van der Waals surface area contributed by atoms with Crippen molar-refractivity contribution in [1.29, 1.82) is 0 Å². The van der Waals surface area contributed by atoms with Crippen molar-refractivity contribution >= 4 is 16.9 Å². The third kappa shape index (κ3) is 4.33. The van der Waals surface area contributed by atoms with Gasteiger partial charge in [0.2, 0.25) is 0 Å². The van der Waals surface area contributed by atoms with Gasteiger partial charge in [0.05, 0.1) is 29.7 Å². The second-order valence-electron chi connectivity index (χ2n) is 7.21. The standard InChI is InChI=1S/C24H24N4O2/c1-17-9-10-22(18(2)14-17)30-13-12-28-21-8-4-3-7-20(21)27-23(28)16-26-24(29)19-6-5-11-25-15-19/h3-11,14-15H,12-13,16H2,1-2H3,(H,26,29). The molecular weight excluding hydrogens is 376 g/mol. The average Bonchev–Trinajstić information content (AvgIpc) is 3.12. The molecule has 0 aliphatic rings. The van der Waals surface area contributed by atoms with Crippen LogP contribution in [0.4, 0.5) is 0 Å². The van der Waals surface area contributed by atoms with Crippen LogP contribution in [0.15, 0.2) is 67.0 Å². The molecule has 6 heteroatoms. The van der Waals surface area contributed by atoms with Gasteiger partial charge in [-0.2, -0.15) is 0 Å². The van der Waals surface area contributed by atoms with Crippen molar-refractivity contribution < 1.29 is 9.53 Å². The minimum atomic E-state index is -0.173. The molecule has 0 saturated carbocycles. The smallest absolute Gasteiger partial charge is 0.253 e. The lowest BCUT2D eigenvalue weighted by Crippen LogP contribution is -2.25. The van der Waals surface area contributed by atoms with E-state index in [1.165, 1.54) is 5.56 Å². The molecule has 1 N–H and O–H groups in total. The molecule has 0 unspecified atom stereocenters. The molecule has 1 amide bonds. The third-order valence-corrected chi connectivity index (χ3v) is 4.97. The van der Waals surface area contributed by atoms with Gasteiger partial charge in [0.15, 0.2) is 0 Å². The van der Waals surface area contributed by atoms with Crippen LogP contribution >= 0.6 is 0 Å². The maximum atomic E-state index is 12.4. The summed E-state index contributed by atoms with van der Waals surface area (Å²) in [5.41, 5.74) is 4.78. The largest absolute Gasteiger partial charge is 0.491 e. The van der Waals surface area contributed by atoms with Gasteiger partial charge in [0.1, 0.15) is 18.2 Å². The number of rotatable bonds is 7. The van der Waals surface area contributed by atoms with Gasteiger partial charge in [0, 0.05) is 12.4 Å². The molecule has 2 heterocycles. The highest BCUT2D eigenvalue weighted by atomic mass is 16.5. The first kappa shape index (κ1) is 19.6. The summed E-state index contributed by atoms with van der Waals surface area (Å²) in [5, 5.41) is 2.94. The van der Waals surface area contributed by atoms with E-state index in [4.69, 9.17) is 9.72 Å². The number of aryl methyl sites for hydroxylation is 2. The summed E-state index contributed by atoms with van der Waals surface area (Å²) in [6.07, 6.45) is 3.20. The van der Waals surface area contributed by atoms with E-state index in [1.807, 2.05) is 43.3 Å². The molecule has 0 saturated heterocycles. The number of nitrogens with zero attached hydrogens (tertiary/aromatic N) is 3. The summed E-state index contributed by atoms with van der Waals surface area (Å²) in [4.78, 5) is 21.1. The summed E-state index contributed by atoms with van der Waals surface area (Å²) in [6, 6.07) is 17.6. The number of fused-ring (bicyclic) bond motifs is 1. The van der Waals surface area contributed by atoms with Gasteiger partial charge < -0.3 is 14.6 Å². The quantitative estimate of drug-likeness (QED) is 0.508. The topological polar surface area (TPSA) is 69.0 Å². The molecule has 0 spiro atoms. The zero-order chi connectivity index (χ0) is 20.9. The molecule has 0 atom stereocenters. The molecule has 4 rings (SSSR count). The SMILES string of the molecule is Cc1ccc(OCCn2c(CNC(=O)c3cccnc3)nc3ccccc32)c(C)c1. The zero-order valence-electron chi connectivity index (χ0n) is 17.1. The van der Waals surface area contributed by atoms with E-state index in [0.717, 1.165) is 28.2 Å². The Hall–Kier alpha value is -3.67. The van der Waals surface area contributed by atoms with Crippen LogP contribution in [0.2, 0.25) is 0 Å². The Morgan fingerprint density at radius 3 is 2.77 bits per heavy atom. The van der Waals surface area contributed by atoms with Crippen LogP contribution in [0.25, 0.3) is 11.0 Å². The summed E-state index contributed by atoms with van der Waals surface area (Å²) in [7, 11) is 0. The van der Waals surface area contributed by atoms with Gasteiger partial charge in [0.25, 0.3) is 5.91 Å². The van der Waals surface area contributed by atoms with Crippen molar-refractivity contribution in [2.75, 3.05) is 6.61 Å². The Morgan fingerprint density at radius 2 is 1.97 bits per heavy atom.